The number of hydrogen-bond donors (Lipinski definition) is 2. The first kappa shape index (κ1) is 12.0. The number of carbonyl (C=O) groups excluding carboxylic acids is 1. The van der Waals surface area contributed by atoms with Gasteiger partial charge in [0.1, 0.15) is 6.04 Å². The minimum absolute atomic E-state index is 0.00949. The molecule has 0 bridgehead atoms. The van der Waals surface area contributed by atoms with Crippen LogP contribution in [-0.4, -0.2) is 47.6 Å². The molecule has 5 nitrogen and oxygen atoms in total. The fourth-order valence-electron chi connectivity index (χ4n) is 1.57. The monoisotopic (exact) mass is 214 g/mol. The van der Waals surface area contributed by atoms with Crippen LogP contribution in [0.3, 0.4) is 0 Å². The molecule has 0 aliphatic carbocycles. The topological polar surface area (TPSA) is 69.6 Å². The van der Waals surface area contributed by atoms with E-state index in [4.69, 9.17) is 5.11 Å². The molecule has 0 radical (unpaired) electrons. The zero-order valence-corrected chi connectivity index (χ0v) is 9.41. The van der Waals surface area contributed by atoms with Gasteiger partial charge in [0.15, 0.2) is 0 Å². The molecule has 1 rings (SSSR count). The van der Waals surface area contributed by atoms with E-state index in [0.29, 0.717) is 13.1 Å². The summed E-state index contributed by atoms with van der Waals surface area (Å²) < 4.78 is 0. The number of carboxylic acid groups (broad SMARTS) is 1. The Hall–Kier alpha value is -1.10. The molecule has 1 unspecified atom stereocenters. The van der Waals surface area contributed by atoms with Gasteiger partial charge in [0, 0.05) is 25.0 Å². The van der Waals surface area contributed by atoms with E-state index in [9.17, 15) is 9.59 Å². The largest absolute Gasteiger partial charge is 0.480 e. The van der Waals surface area contributed by atoms with Crippen molar-refractivity contribution in [1.29, 1.82) is 0 Å². The summed E-state index contributed by atoms with van der Waals surface area (Å²) in [7, 11) is 0. The van der Waals surface area contributed by atoms with Gasteiger partial charge < -0.3 is 15.3 Å². The lowest BCUT2D eigenvalue weighted by molar-refractivity contribution is -0.145. The van der Waals surface area contributed by atoms with Crippen molar-refractivity contribution in [2.24, 2.45) is 5.41 Å². The van der Waals surface area contributed by atoms with Gasteiger partial charge in [0.25, 0.3) is 0 Å². The summed E-state index contributed by atoms with van der Waals surface area (Å²) in [6.45, 7) is 6.90. The van der Waals surface area contributed by atoms with Crippen LogP contribution in [0, 0.1) is 5.41 Å². The van der Waals surface area contributed by atoms with Crippen LogP contribution >= 0.6 is 0 Å². The molecule has 1 aliphatic heterocycles. The van der Waals surface area contributed by atoms with Gasteiger partial charge in [-0.3, -0.25) is 9.59 Å². The maximum absolute atomic E-state index is 11.9. The summed E-state index contributed by atoms with van der Waals surface area (Å²) in [6.07, 6.45) is 0. The second-order valence-corrected chi connectivity index (χ2v) is 4.85. The van der Waals surface area contributed by atoms with Crippen molar-refractivity contribution in [3.63, 3.8) is 0 Å². The lowest BCUT2D eigenvalue weighted by Crippen LogP contribution is -2.57. The van der Waals surface area contributed by atoms with Crippen molar-refractivity contribution in [3.8, 4) is 0 Å². The van der Waals surface area contributed by atoms with Crippen LogP contribution in [0.15, 0.2) is 0 Å². The van der Waals surface area contributed by atoms with Crippen LogP contribution in [0.25, 0.3) is 0 Å². The Morgan fingerprint density at radius 3 is 2.47 bits per heavy atom. The highest BCUT2D eigenvalue weighted by atomic mass is 16.4. The Kier molecular flexibility index (Phi) is 3.34. The highest BCUT2D eigenvalue weighted by Crippen LogP contribution is 2.18. The molecule has 86 valence electrons. The number of nitrogens with zero attached hydrogens (tertiary/aromatic N) is 1. The molecule has 1 aliphatic rings. The van der Waals surface area contributed by atoms with Gasteiger partial charge >= 0.3 is 5.97 Å². The molecular formula is C10H18N2O3. The van der Waals surface area contributed by atoms with Crippen LogP contribution in [-0.2, 0) is 9.59 Å². The number of carboxylic acids is 1. The zero-order valence-electron chi connectivity index (χ0n) is 9.41. The fourth-order valence-corrected chi connectivity index (χ4v) is 1.57. The normalized spacial score (nSPS) is 22.6. The molecule has 1 amide bonds. The molecule has 0 saturated carbocycles. The Balaban J connectivity index is 2.64. The average Bonchev–Trinajstić information content (AvgIpc) is 2.15. The fraction of sp³-hybridized carbons (Fsp3) is 0.800. The summed E-state index contributed by atoms with van der Waals surface area (Å²) in [6, 6.07) is -0.634. The molecule has 1 fully saturated rings. The van der Waals surface area contributed by atoms with E-state index in [1.54, 1.807) is 4.90 Å². The van der Waals surface area contributed by atoms with Gasteiger partial charge in [-0.2, -0.15) is 0 Å². The molecule has 0 aromatic rings. The van der Waals surface area contributed by atoms with Gasteiger partial charge in [0.2, 0.25) is 5.91 Å². The first-order valence-electron chi connectivity index (χ1n) is 5.08. The minimum atomic E-state index is -0.901. The van der Waals surface area contributed by atoms with E-state index in [0.717, 1.165) is 0 Å². The number of amides is 1. The van der Waals surface area contributed by atoms with Crippen molar-refractivity contribution in [2.75, 3.05) is 19.6 Å². The molecule has 0 aromatic carbocycles. The zero-order chi connectivity index (χ0) is 11.6. The SMILES string of the molecule is CC(C)(C)C(=O)N1CCNC(C(=O)O)C1. The predicted octanol–water partition coefficient (Wildman–Crippen LogP) is -0.0825. The Morgan fingerprint density at radius 2 is 2.00 bits per heavy atom. The van der Waals surface area contributed by atoms with Crippen molar-refractivity contribution in [3.05, 3.63) is 0 Å². The second-order valence-electron chi connectivity index (χ2n) is 4.85. The summed E-state index contributed by atoms with van der Waals surface area (Å²) in [5.74, 6) is -0.892. The second kappa shape index (κ2) is 4.18. The molecule has 0 aromatic heterocycles. The van der Waals surface area contributed by atoms with Gasteiger partial charge in [-0.25, -0.2) is 0 Å². The van der Waals surface area contributed by atoms with Crippen molar-refractivity contribution >= 4 is 11.9 Å². The third-order valence-corrected chi connectivity index (χ3v) is 2.40. The predicted molar refractivity (Wildman–Crippen MR) is 55.5 cm³/mol. The summed E-state index contributed by atoms with van der Waals surface area (Å²) in [5.41, 5.74) is -0.444. The van der Waals surface area contributed by atoms with E-state index < -0.39 is 17.4 Å². The van der Waals surface area contributed by atoms with Crippen LogP contribution in [0.1, 0.15) is 20.8 Å². The third-order valence-electron chi connectivity index (χ3n) is 2.40. The average molecular weight is 214 g/mol. The Bertz CT molecular complexity index is 270. The number of rotatable bonds is 1. The first-order valence-corrected chi connectivity index (χ1v) is 5.08. The summed E-state index contributed by atoms with van der Waals surface area (Å²) >= 11 is 0. The molecule has 1 heterocycles. The highest BCUT2D eigenvalue weighted by Gasteiger charge is 2.32. The van der Waals surface area contributed by atoms with Crippen molar-refractivity contribution < 1.29 is 14.7 Å². The van der Waals surface area contributed by atoms with Crippen molar-refractivity contribution in [1.82, 2.24) is 10.2 Å². The maximum atomic E-state index is 11.9. The number of nitrogens with one attached hydrogen (secondary N) is 1. The van der Waals surface area contributed by atoms with Gasteiger partial charge in [-0.1, -0.05) is 20.8 Å². The van der Waals surface area contributed by atoms with Crippen LogP contribution in [0.2, 0.25) is 0 Å². The smallest absolute Gasteiger partial charge is 0.322 e. The van der Waals surface area contributed by atoms with Gasteiger partial charge in [-0.15, -0.1) is 0 Å². The lowest BCUT2D eigenvalue weighted by atomic mass is 9.94. The Labute approximate surface area is 89.4 Å². The number of hydrogen-bond acceptors (Lipinski definition) is 3. The molecule has 2 N–H and O–H groups in total. The minimum Gasteiger partial charge on any atom is -0.480 e. The Morgan fingerprint density at radius 1 is 1.40 bits per heavy atom. The van der Waals surface area contributed by atoms with E-state index in [-0.39, 0.29) is 12.5 Å². The summed E-state index contributed by atoms with van der Waals surface area (Å²) in [5, 5.41) is 11.7. The number of aliphatic carboxylic acids is 1. The maximum Gasteiger partial charge on any atom is 0.322 e. The van der Waals surface area contributed by atoms with Crippen LogP contribution in [0.4, 0.5) is 0 Å². The highest BCUT2D eigenvalue weighted by molar-refractivity contribution is 5.83. The van der Waals surface area contributed by atoms with E-state index >= 15 is 0 Å². The standard InChI is InChI=1S/C10H18N2O3/c1-10(2,3)9(15)12-5-4-11-7(6-12)8(13)14/h7,11H,4-6H2,1-3H3,(H,13,14). The van der Waals surface area contributed by atoms with Crippen LogP contribution in [0.5, 0.6) is 0 Å². The van der Waals surface area contributed by atoms with Crippen LogP contribution < -0.4 is 5.32 Å². The van der Waals surface area contributed by atoms with Gasteiger partial charge in [-0.05, 0) is 0 Å². The number of piperazine rings is 1. The molecule has 5 heteroatoms. The molecule has 0 spiro atoms. The molecule has 15 heavy (non-hydrogen) atoms. The first-order chi connectivity index (χ1) is 6.82. The molecular weight excluding hydrogens is 196 g/mol. The molecule has 1 atom stereocenters. The van der Waals surface area contributed by atoms with Crippen molar-refractivity contribution in [2.45, 2.75) is 26.8 Å². The van der Waals surface area contributed by atoms with E-state index in [1.165, 1.54) is 0 Å². The van der Waals surface area contributed by atoms with E-state index in [1.807, 2.05) is 20.8 Å². The number of carbonyl (C=O) groups is 2. The molecule has 1 saturated heterocycles. The lowest BCUT2D eigenvalue weighted by Gasteiger charge is -2.35. The summed E-state index contributed by atoms with van der Waals surface area (Å²) in [4.78, 5) is 24.3. The quantitative estimate of drug-likeness (QED) is 0.640. The van der Waals surface area contributed by atoms with Gasteiger partial charge in [0.05, 0.1) is 0 Å². The third kappa shape index (κ3) is 2.92. The van der Waals surface area contributed by atoms with E-state index in [2.05, 4.69) is 5.32 Å².